The number of halogens is 1. The molecule has 0 amide bonds. The van der Waals surface area contributed by atoms with Crippen LogP contribution in [0.2, 0.25) is 0 Å². The van der Waals surface area contributed by atoms with Crippen LogP contribution in [0.3, 0.4) is 0 Å². The molecule has 0 aliphatic heterocycles. The van der Waals surface area contributed by atoms with E-state index < -0.39 is 5.97 Å². The van der Waals surface area contributed by atoms with E-state index >= 15 is 0 Å². The first-order valence-corrected chi connectivity index (χ1v) is 6.61. The van der Waals surface area contributed by atoms with Crippen LogP contribution in [0.5, 0.6) is 0 Å². The molecule has 1 N–H and O–H groups in total. The lowest BCUT2D eigenvalue weighted by Gasteiger charge is -2.13. The average Bonchev–Trinajstić information content (AvgIpc) is 2.73. The number of nitrogens with zero attached hydrogens (tertiary/aromatic N) is 1. The Morgan fingerprint density at radius 1 is 1.37 bits per heavy atom. The van der Waals surface area contributed by atoms with E-state index in [0.717, 1.165) is 5.01 Å². The molecule has 0 bridgehead atoms. The van der Waals surface area contributed by atoms with Gasteiger partial charge in [-0.15, -0.1) is 11.3 Å². The molecular formula is C14H14FNO2S. The number of aromatic nitrogens is 1. The Bertz CT molecular complexity index is 629. The van der Waals surface area contributed by atoms with Crippen molar-refractivity contribution in [3.05, 3.63) is 40.8 Å². The molecule has 0 unspecified atom stereocenters. The third kappa shape index (κ3) is 2.81. The molecule has 0 atom stereocenters. The molecule has 1 heterocycles. The summed E-state index contributed by atoms with van der Waals surface area (Å²) in [6, 6.07) is 5.91. The lowest BCUT2D eigenvalue weighted by Crippen LogP contribution is -2.11. The van der Waals surface area contributed by atoms with Crippen LogP contribution in [0.1, 0.15) is 36.3 Å². The fourth-order valence-electron chi connectivity index (χ4n) is 1.61. The molecule has 0 saturated carbocycles. The number of hydrogen-bond donors (Lipinski definition) is 1. The molecule has 2 aromatic rings. The van der Waals surface area contributed by atoms with Crippen molar-refractivity contribution in [2.75, 3.05) is 0 Å². The number of rotatable bonds is 2. The van der Waals surface area contributed by atoms with Crippen LogP contribution >= 0.6 is 11.3 Å². The zero-order valence-electron chi connectivity index (χ0n) is 10.9. The highest BCUT2D eigenvalue weighted by molar-refractivity contribution is 7.15. The smallest absolute Gasteiger partial charge is 0.356 e. The van der Waals surface area contributed by atoms with Crippen LogP contribution in [-0.4, -0.2) is 16.1 Å². The minimum absolute atomic E-state index is 0.0134. The normalized spacial score (nSPS) is 11.6. The zero-order chi connectivity index (χ0) is 14.2. The Balaban J connectivity index is 2.62. The molecule has 19 heavy (non-hydrogen) atoms. The summed E-state index contributed by atoms with van der Waals surface area (Å²) in [6.45, 7) is 5.90. The molecule has 3 nitrogen and oxygen atoms in total. The second-order valence-electron chi connectivity index (χ2n) is 5.26. The van der Waals surface area contributed by atoms with E-state index in [4.69, 9.17) is 0 Å². The van der Waals surface area contributed by atoms with Crippen LogP contribution in [0.15, 0.2) is 24.3 Å². The quantitative estimate of drug-likeness (QED) is 0.905. The van der Waals surface area contributed by atoms with Crippen molar-refractivity contribution in [2.24, 2.45) is 0 Å². The lowest BCUT2D eigenvalue weighted by atomic mass is 9.98. The van der Waals surface area contributed by atoms with Gasteiger partial charge in [-0.2, -0.15) is 0 Å². The van der Waals surface area contributed by atoms with Gasteiger partial charge in [0.15, 0.2) is 5.69 Å². The first-order valence-electron chi connectivity index (χ1n) is 5.79. The summed E-state index contributed by atoms with van der Waals surface area (Å²) < 4.78 is 13.3. The Hall–Kier alpha value is -1.75. The number of thiazole rings is 1. The molecule has 1 aromatic heterocycles. The van der Waals surface area contributed by atoms with E-state index in [0.29, 0.717) is 10.4 Å². The van der Waals surface area contributed by atoms with E-state index in [2.05, 4.69) is 4.98 Å². The molecule has 0 aliphatic rings. The minimum Gasteiger partial charge on any atom is -0.476 e. The van der Waals surface area contributed by atoms with Crippen molar-refractivity contribution in [1.82, 2.24) is 4.98 Å². The third-order valence-corrected chi connectivity index (χ3v) is 4.09. The molecule has 100 valence electrons. The first-order chi connectivity index (χ1) is 8.79. The largest absolute Gasteiger partial charge is 0.476 e. The number of aromatic carboxylic acids is 1. The topological polar surface area (TPSA) is 50.2 Å². The second-order valence-corrected chi connectivity index (χ2v) is 6.26. The molecule has 0 aliphatic carbocycles. The molecule has 5 heteroatoms. The summed E-state index contributed by atoms with van der Waals surface area (Å²) in [5, 5.41) is 9.95. The van der Waals surface area contributed by atoms with Gasteiger partial charge in [-0.3, -0.25) is 0 Å². The van der Waals surface area contributed by atoms with Gasteiger partial charge in [-0.1, -0.05) is 32.9 Å². The van der Waals surface area contributed by atoms with Gasteiger partial charge in [0.05, 0.1) is 9.88 Å². The summed E-state index contributed by atoms with van der Waals surface area (Å²) in [7, 11) is 0. The van der Waals surface area contributed by atoms with Crippen molar-refractivity contribution in [3.63, 3.8) is 0 Å². The van der Waals surface area contributed by atoms with Crippen LogP contribution < -0.4 is 0 Å². The molecular weight excluding hydrogens is 265 g/mol. The lowest BCUT2D eigenvalue weighted by molar-refractivity contribution is 0.0692. The summed E-state index contributed by atoms with van der Waals surface area (Å²) >= 11 is 1.30. The van der Waals surface area contributed by atoms with Gasteiger partial charge in [0, 0.05) is 5.41 Å². The number of carboxylic acids is 1. The van der Waals surface area contributed by atoms with Gasteiger partial charge in [0.25, 0.3) is 0 Å². The SMILES string of the molecule is CC(C)(C)c1nc(C(=O)O)c(-c2cccc(F)c2)s1. The van der Waals surface area contributed by atoms with E-state index in [1.54, 1.807) is 12.1 Å². The van der Waals surface area contributed by atoms with Crippen LogP contribution in [0.4, 0.5) is 4.39 Å². The van der Waals surface area contributed by atoms with E-state index in [9.17, 15) is 14.3 Å². The summed E-state index contributed by atoms with van der Waals surface area (Å²) in [6.07, 6.45) is 0. The predicted octanol–water partition coefficient (Wildman–Crippen LogP) is 3.94. The Kier molecular flexibility index (Phi) is 3.41. The van der Waals surface area contributed by atoms with Crippen LogP contribution in [0, 0.1) is 5.82 Å². The van der Waals surface area contributed by atoms with Crippen LogP contribution in [0.25, 0.3) is 10.4 Å². The first kappa shape index (κ1) is 13.7. The van der Waals surface area contributed by atoms with Crippen LogP contribution in [-0.2, 0) is 5.41 Å². The maximum Gasteiger partial charge on any atom is 0.356 e. The van der Waals surface area contributed by atoms with Gasteiger partial charge in [0.1, 0.15) is 5.82 Å². The zero-order valence-corrected chi connectivity index (χ0v) is 11.7. The predicted molar refractivity (Wildman–Crippen MR) is 73.2 cm³/mol. The molecule has 0 saturated heterocycles. The number of benzene rings is 1. The van der Waals surface area contributed by atoms with Gasteiger partial charge in [-0.25, -0.2) is 14.2 Å². The van der Waals surface area contributed by atoms with Crippen molar-refractivity contribution in [2.45, 2.75) is 26.2 Å². The van der Waals surface area contributed by atoms with E-state index in [1.807, 2.05) is 20.8 Å². The number of hydrogen-bond acceptors (Lipinski definition) is 3. The number of carbonyl (C=O) groups is 1. The Morgan fingerprint density at radius 2 is 2.05 bits per heavy atom. The molecule has 1 aromatic carbocycles. The van der Waals surface area contributed by atoms with Crippen molar-refractivity contribution in [1.29, 1.82) is 0 Å². The molecule has 0 spiro atoms. The Morgan fingerprint density at radius 3 is 2.58 bits per heavy atom. The fraction of sp³-hybridized carbons (Fsp3) is 0.286. The minimum atomic E-state index is -1.09. The summed E-state index contributed by atoms with van der Waals surface area (Å²) in [5.41, 5.74) is 0.298. The van der Waals surface area contributed by atoms with Gasteiger partial charge >= 0.3 is 5.97 Å². The van der Waals surface area contributed by atoms with Crippen molar-refractivity contribution in [3.8, 4) is 10.4 Å². The highest BCUT2D eigenvalue weighted by Crippen LogP contribution is 2.36. The Labute approximate surface area is 114 Å². The molecule has 0 radical (unpaired) electrons. The summed E-state index contributed by atoms with van der Waals surface area (Å²) in [5.74, 6) is -1.48. The standard InChI is InChI=1S/C14H14FNO2S/c1-14(2,3)13-16-10(12(17)18)11(19-13)8-5-4-6-9(15)7-8/h4-7H,1-3H3,(H,17,18). The van der Waals surface area contributed by atoms with Gasteiger partial charge < -0.3 is 5.11 Å². The van der Waals surface area contributed by atoms with Crippen molar-refractivity contribution >= 4 is 17.3 Å². The fourth-order valence-corrected chi connectivity index (χ4v) is 2.72. The van der Waals surface area contributed by atoms with E-state index in [1.165, 1.54) is 23.5 Å². The van der Waals surface area contributed by atoms with E-state index in [-0.39, 0.29) is 16.9 Å². The highest BCUT2D eigenvalue weighted by atomic mass is 32.1. The van der Waals surface area contributed by atoms with Gasteiger partial charge in [0.2, 0.25) is 0 Å². The molecule has 0 fully saturated rings. The van der Waals surface area contributed by atoms with Gasteiger partial charge in [-0.05, 0) is 17.7 Å². The summed E-state index contributed by atoms with van der Waals surface area (Å²) in [4.78, 5) is 16.0. The second kappa shape index (κ2) is 4.74. The monoisotopic (exact) mass is 279 g/mol. The van der Waals surface area contributed by atoms with Crippen molar-refractivity contribution < 1.29 is 14.3 Å². The average molecular weight is 279 g/mol. The maximum absolute atomic E-state index is 13.3. The maximum atomic E-state index is 13.3. The highest BCUT2D eigenvalue weighted by Gasteiger charge is 2.25. The molecule has 2 rings (SSSR count). The third-order valence-electron chi connectivity index (χ3n) is 2.56. The number of carboxylic acid groups (broad SMARTS) is 1.